The number of aliphatic hydroxyl groups is 1. The number of aliphatic hydroxyl groups excluding tert-OH is 1. The van der Waals surface area contributed by atoms with Crippen molar-refractivity contribution >= 4 is 17.5 Å². The average molecular weight is 334 g/mol. The number of nitrogens with one attached hydrogen (secondary N) is 1. The molecular weight excluding hydrogens is 314 g/mol. The average Bonchev–Trinajstić information content (AvgIpc) is 2.58. The van der Waals surface area contributed by atoms with Gasteiger partial charge in [0.05, 0.1) is 29.4 Å². The van der Waals surface area contributed by atoms with Gasteiger partial charge in [-0.1, -0.05) is 54.1 Å². The maximum atomic E-state index is 12.0. The first-order chi connectivity index (χ1) is 11.1. The maximum Gasteiger partial charge on any atom is 0.252 e. The predicted molar refractivity (Wildman–Crippen MR) is 90.6 cm³/mol. The largest absolute Gasteiger partial charge is 0.389 e. The van der Waals surface area contributed by atoms with Gasteiger partial charge >= 0.3 is 0 Å². The Kier molecular flexibility index (Phi) is 6.59. The lowest BCUT2D eigenvalue weighted by Gasteiger charge is -2.17. The fraction of sp³-hybridized carbons (Fsp3) is 0.278. The van der Waals surface area contributed by atoms with Crippen LogP contribution in [0.25, 0.3) is 0 Å². The van der Waals surface area contributed by atoms with Gasteiger partial charge in [0.15, 0.2) is 0 Å². The molecule has 2 rings (SSSR count). The lowest BCUT2D eigenvalue weighted by molar-refractivity contribution is -0.00171. The van der Waals surface area contributed by atoms with E-state index in [-0.39, 0.29) is 25.2 Å². The Morgan fingerprint density at radius 2 is 1.83 bits per heavy atom. The lowest BCUT2D eigenvalue weighted by atomic mass is 10.1. The summed E-state index contributed by atoms with van der Waals surface area (Å²) in [7, 11) is 0. The fourth-order valence-corrected chi connectivity index (χ4v) is 2.31. The van der Waals surface area contributed by atoms with Crippen molar-refractivity contribution in [2.45, 2.75) is 19.1 Å². The number of carbonyl (C=O) groups excluding carboxylic acids is 1. The summed E-state index contributed by atoms with van der Waals surface area (Å²) in [6.07, 6.45) is -0.905. The van der Waals surface area contributed by atoms with Gasteiger partial charge in [-0.3, -0.25) is 4.79 Å². The van der Waals surface area contributed by atoms with Crippen LogP contribution in [0.3, 0.4) is 0 Å². The van der Waals surface area contributed by atoms with Crippen molar-refractivity contribution in [1.29, 1.82) is 0 Å². The molecule has 0 saturated heterocycles. The number of halogens is 1. The SMILES string of the molecule is CC(OCC(O)CNC(=O)c1ccccc1Cl)c1ccccc1. The zero-order valence-corrected chi connectivity index (χ0v) is 13.7. The van der Waals surface area contributed by atoms with Gasteiger partial charge in [0.1, 0.15) is 0 Å². The zero-order valence-electron chi connectivity index (χ0n) is 12.9. The molecule has 2 unspecified atom stereocenters. The molecule has 0 saturated carbocycles. The molecule has 0 aliphatic rings. The molecule has 122 valence electrons. The number of hydrogen-bond donors (Lipinski definition) is 2. The van der Waals surface area contributed by atoms with Crippen LogP contribution in [0.15, 0.2) is 54.6 Å². The minimum absolute atomic E-state index is 0.103. The van der Waals surface area contributed by atoms with E-state index < -0.39 is 6.10 Å². The van der Waals surface area contributed by atoms with Gasteiger partial charge in [-0.15, -0.1) is 0 Å². The molecule has 0 aliphatic heterocycles. The first-order valence-corrected chi connectivity index (χ1v) is 7.83. The molecule has 1 amide bonds. The molecular formula is C18H20ClNO3. The van der Waals surface area contributed by atoms with Crippen molar-refractivity contribution in [3.05, 3.63) is 70.7 Å². The Morgan fingerprint density at radius 3 is 2.52 bits per heavy atom. The third kappa shape index (κ3) is 5.36. The molecule has 0 bridgehead atoms. The molecule has 4 nitrogen and oxygen atoms in total. The highest BCUT2D eigenvalue weighted by Crippen LogP contribution is 2.16. The molecule has 0 heterocycles. The highest BCUT2D eigenvalue weighted by atomic mass is 35.5. The van der Waals surface area contributed by atoms with E-state index >= 15 is 0 Å². The van der Waals surface area contributed by atoms with Crippen LogP contribution in [-0.4, -0.2) is 30.3 Å². The van der Waals surface area contributed by atoms with E-state index in [1.807, 2.05) is 37.3 Å². The van der Waals surface area contributed by atoms with Crippen molar-refractivity contribution < 1.29 is 14.6 Å². The first kappa shape index (κ1) is 17.5. The molecule has 2 atom stereocenters. The van der Waals surface area contributed by atoms with Crippen LogP contribution in [0.5, 0.6) is 0 Å². The molecule has 0 radical (unpaired) electrons. The number of benzene rings is 2. The van der Waals surface area contributed by atoms with Gasteiger partial charge < -0.3 is 15.2 Å². The highest BCUT2D eigenvalue weighted by Gasteiger charge is 2.13. The van der Waals surface area contributed by atoms with E-state index in [2.05, 4.69) is 5.32 Å². The summed E-state index contributed by atoms with van der Waals surface area (Å²) in [4.78, 5) is 12.0. The van der Waals surface area contributed by atoms with Gasteiger partial charge in [-0.25, -0.2) is 0 Å². The molecule has 0 aromatic heterocycles. The van der Waals surface area contributed by atoms with Crippen LogP contribution < -0.4 is 5.32 Å². The Hall–Kier alpha value is -1.88. The number of rotatable bonds is 7. The second-order valence-corrected chi connectivity index (χ2v) is 5.64. The molecule has 0 fully saturated rings. The quantitative estimate of drug-likeness (QED) is 0.818. The Morgan fingerprint density at radius 1 is 1.17 bits per heavy atom. The molecule has 2 aromatic rings. The van der Waals surface area contributed by atoms with E-state index in [1.165, 1.54) is 0 Å². The normalized spacial score (nSPS) is 13.3. The second-order valence-electron chi connectivity index (χ2n) is 5.23. The molecule has 2 aromatic carbocycles. The summed E-state index contributed by atoms with van der Waals surface area (Å²) >= 11 is 5.96. The monoisotopic (exact) mass is 333 g/mol. The Labute approximate surface area is 141 Å². The zero-order chi connectivity index (χ0) is 16.7. The molecule has 5 heteroatoms. The van der Waals surface area contributed by atoms with E-state index in [1.54, 1.807) is 24.3 Å². The summed E-state index contributed by atoms with van der Waals surface area (Å²) in [5, 5.41) is 13.0. The van der Waals surface area contributed by atoms with E-state index in [9.17, 15) is 9.90 Å². The highest BCUT2D eigenvalue weighted by molar-refractivity contribution is 6.33. The third-order valence-electron chi connectivity index (χ3n) is 3.42. The summed E-state index contributed by atoms with van der Waals surface area (Å²) in [6, 6.07) is 16.5. The predicted octanol–water partition coefficient (Wildman–Crippen LogP) is 3.21. The minimum Gasteiger partial charge on any atom is -0.389 e. The van der Waals surface area contributed by atoms with E-state index in [0.717, 1.165) is 5.56 Å². The standard InChI is InChI=1S/C18H20ClNO3/c1-13(14-7-3-2-4-8-14)23-12-15(21)11-20-18(22)16-9-5-6-10-17(16)19/h2-10,13,15,21H,11-12H2,1H3,(H,20,22). The number of amides is 1. The Bertz CT molecular complexity index is 633. The first-order valence-electron chi connectivity index (χ1n) is 7.45. The summed E-state index contributed by atoms with van der Waals surface area (Å²) < 4.78 is 5.62. The Balaban J connectivity index is 1.76. The van der Waals surface area contributed by atoms with Crippen molar-refractivity contribution in [2.24, 2.45) is 0 Å². The topological polar surface area (TPSA) is 58.6 Å². The van der Waals surface area contributed by atoms with Crippen LogP contribution in [0.2, 0.25) is 5.02 Å². The smallest absolute Gasteiger partial charge is 0.252 e. The molecule has 0 aliphatic carbocycles. The minimum atomic E-state index is -0.785. The molecule has 23 heavy (non-hydrogen) atoms. The maximum absolute atomic E-state index is 12.0. The fourth-order valence-electron chi connectivity index (χ4n) is 2.09. The van der Waals surface area contributed by atoms with Crippen LogP contribution in [0.4, 0.5) is 0 Å². The van der Waals surface area contributed by atoms with Crippen molar-refractivity contribution in [3.63, 3.8) is 0 Å². The van der Waals surface area contributed by atoms with Crippen LogP contribution in [-0.2, 0) is 4.74 Å². The number of carbonyl (C=O) groups is 1. The van der Waals surface area contributed by atoms with E-state index in [4.69, 9.17) is 16.3 Å². The summed E-state index contributed by atoms with van der Waals surface area (Å²) in [5.74, 6) is -0.314. The summed E-state index contributed by atoms with van der Waals surface area (Å²) in [5.41, 5.74) is 1.43. The second kappa shape index (κ2) is 8.67. The molecule has 2 N–H and O–H groups in total. The third-order valence-corrected chi connectivity index (χ3v) is 3.75. The van der Waals surface area contributed by atoms with Gasteiger partial charge in [0.25, 0.3) is 5.91 Å². The number of hydrogen-bond acceptors (Lipinski definition) is 3. The van der Waals surface area contributed by atoms with Crippen LogP contribution in [0.1, 0.15) is 28.9 Å². The van der Waals surface area contributed by atoms with Crippen molar-refractivity contribution in [2.75, 3.05) is 13.2 Å². The van der Waals surface area contributed by atoms with Crippen LogP contribution >= 0.6 is 11.6 Å². The van der Waals surface area contributed by atoms with Gasteiger partial charge in [0, 0.05) is 6.54 Å². The van der Waals surface area contributed by atoms with Gasteiger partial charge in [-0.05, 0) is 24.6 Å². The lowest BCUT2D eigenvalue weighted by Crippen LogP contribution is -2.34. The summed E-state index contributed by atoms with van der Waals surface area (Å²) in [6.45, 7) is 2.16. The van der Waals surface area contributed by atoms with E-state index in [0.29, 0.717) is 10.6 Å². The van der Waals surface area contributed by atoms with Crippen molar-refractivity contribution in [1.82, 2.24) is 5.32 Å². The van der Waals surface area contributed by atoms with Crippen LogP contribution in [0, 0.1) is 0 Å². The van der Waals surface area contributed by atoms with Gasteiger partial charge in [0.2, 0.25) is 0 Å². The van der Waals surface area contributed by atoms with Crippen molar-refractivity contribution in [3.8, 4) is 0 Å². The molecule has 0 spiro atoms. The van der Waals surface area contributed by atoms with Gasteiger partial charge in [-0.2, -0.15) is 0 Å². The number of ether oxygens (including phenoxy) is 1.